The molecule has 40 heavy (non-hydrogen) atoms. The van der Waals surface area contributed by atoms with Gasteiger partial charge >= 0.3 is 0 Å². The minimum atomic E-state index is -2.06. The molecule has 2 aliphatic carbocycles. The molecule has 0 aromatic carbocycles. The highest BCUT2D eigenvalue weighted by Crippen LogP contribution is 2.62. The quantitative estimate of drug-likeness (QED) is 0.203. The lowest BCUT2D eigenvalue weighted by Gasteiger charge is -2.61. The molecule has 0 aromatic rings. The van der Waals surface area contributed by atoms with Crippen LogP contribution in [0.2, 0.25) is 54.4 Å². The van der Waals surface area contributed by atoms with Gasteiger partial charge in [-0.2, -0.15) is 0 Å². The minimum absolute atomic E-state index is 0.0435. The maximum atomic E-state index is 12.9. The number of fused-ring (bicyclic) bond motifs is 1. The molecule has 0 bridgehead atoms. The van der Waals surface area contributed by atoms with Gasteiger partial charge in [0.25, 0.3) is 0 Å². The zero-order chi connectivity index (χ0) is 31.5. The van der Waals surface area contributed by atoms with Crippen LogP contribution in [0.3, 0.4) is 0 Å². The van der Waals surface area contributed by atoms with E-state index in [2.05, 4.69) is 122 Å². The van der Waals surface area contributed by atoms with Crippen LogP contribution in [0.25, 0.3) is 0 Å². The Morgan fingerprint density at radius 3 is 1.68 bits per heavy atom. The van der Waals surface area contributed by atoms with E-state index in [1.807, 2.05) is 0 Å². The number of carbonyl (C=O) groups excluding carboxylic acids is 1. The maximum Gasteiger partial charge on any atom is 0.192 e. The molecular weight excluding hydrogens is 545 g/mol. The van der Waals surface area contributed by atoms with E-state index in [9.17, 15) is 4.79 Å². The van der Waals surface area contributed by atoms with E-state index in [1.165, 1.54) is 0 Å². The van der Waals surface area contributed by atoms with Crippen LogP contribution >= 0.6 is 0 Å². The Kier molecular flexibility index (Phi) is 10.1. The van der Waals surface area contributed by atoms with Crippen molar-refractivity contribution in [3.8, 4) is 0 Å². The van der Waals surface area contributed by atoms with Gasteiger partial charge in [-0.3, -0.25) is 4.79 Å². The first kappa shape index (κ1) is 36.1. The Labute approximate surface area is 252 Å². The third kappa shape index (κ3) is 6.69. The Balaban J connectivity index is 2.69. The van der Waals surface area contributed by atoms with Gasteiger partial charge in [0.1, 0.15) is 6.29 Å². The average Bonchev–Trinajstić information content (AvgIpc) is 2.74. The van der Waals surface area contributed by atoms with Crippen LogP contribution in [0.5, 0.6) is 0 Å². The average molecular weight is 611 g/mol. The minimum Gasteiger partial charge on any atom is -0.416 e. The van der Waals surface area contributed by atoms with Crippen molar-refractivity contribution >= 4 is 31.2 Å². The third-order valence-electron chi connectivity index (χ3n) is 12.4. The van der Waals surface area contributed by atoms with Gasteiger partial charge in [-0.05, 0) is 103 Å². The second-order valence-corrected chi connectivity index (χ2v) is 32.6. The normalized spacial score (nSPS) is 31.3. The van der Waals surface area contributed by atoms with Gasteiger partial charge in [-0.1, -0.05) is 76.2 Å². The van der Waals surface area contributed by atoms with Crippen molar-refractivity contribution < 1.29 is 18.1 Å². The van der Waals surface area contributed by atoms with Crippen molar-refractivity contribution in [2.45, 2.75) is 169 Å². The fourth-order valence-electron chi connectivity index (χ4n) is 6.12. The number of carbonyl (C=O) groups is 1. The van der Waals surface area contributed by atoms with E-state index in [1.54, 1.807) is 0 Å². The van der Waals surface area contributed by atoms with Crippen molar-refractivity contribution in [2.75, 3.05) is 6.61 Å². The summed E-state index contributed by atoms with van der Waals surface area (Å²) in [5.41, 5.74) is 1.67. The van der Waals surface area contributed by atoms with Crippen molar-refractivity contribution in [3.05, 3.63) is 11.1 Å². The number of aldehydes is 1. The van der Waals surface area contributed by atoms with Crippen molar-refractivity contribution in [1.29, 1.82) is 0 Å². The van der Waals surface area contributed by atoms with Crippen molar-refractivity contribution in [3.63, 3.8) is 0 Å². The number of hydrogen-bond donors (Lipinski definition) is 0. The third-order valence-corrected chi connectivity index (χ3v) is 25.8. The Morgan fingerprint density at radius 2 is 1.25 bits per heavy atom. The summed E-state index contributed by atoms with van der Waals surface area (Å²) >= 11 is 0. The maximum absolute atomic E-state index is 12.9. The number of hydrogen-bond acceptors (Lipinski definition) is 4. The van der Waals surface area contributed by atoms with Crippen LogP contribution in [0.1, 0.15) is 102 Å². The molecule has 0 N–H and O–H groups in total. The van der Waals surface area contributed by atoms with Crippen LogP contribution in [-0.4, -0.2) is 50.1 Å². The smallest absolute Gasteiger partial charge is 0.192 e. The van der Waals surface area contributed by atoms with Crippen LogP contribution in [0.4, 0.5) is 0 Å². The molecule has 0 radical (unpaired) electrons. The van der Waals surface area contributed by atoms with Gasteiger partial charge in [0.05, 0.1) is 12.2 Å². The predicted molar refractivity (Wildman–Crippen MR) is 180 cm³/mol. The first-order valence-corrected chi connectivity index (χ1v) is 24.5. The summed E-state index contributed by atoms with van der Waals surface area (Å²) in [5.74, 6) is 0.229. The van der Waals surface area contributed by atoms with Crippen LogP contribution in [0.15, 0.2) is 11.1 Å². The van der Waals surface area contributed by atoms with E-state index in [0.29, 0.717) is 6.61 Å². The van der Waals surface area contributed by atoms with Crippen LogP contribution in [-0.2, 0) is 18.1 Å². The standard InChI is InChI=1S/C33H66O4Si3/c1-24-25(22-34)32(11)20-19-28(37-40(17,18)31(8,9)10)33(12,23-35-38(13,14)29(2,3)4)27(32)21-26(24)36-39(15,16)30(5,6)7/h22,26-28H,19-21,23H2,1-18H3/t26-,27+,28-,32+,33+/m0/s1. The molecule has 4 nitrogen and oxygen atoms in total. The van der Waals surface area contributed by atoms with Gasteiger partial charge in [0.2, 0.25) is 0 Å². The first-order valence-electron chi connectivity index (χ1n) is 15.7. The highest BCUT2D eigenvalue weighted by atomic mass is 28.4. The highest BCUT2D eigenvalue weighted by Gasteiger charge is 2.60. The van der Waals surface area contributed by atoms with Crippen molar-refractivity contribution in [2.24, 2.45) is 16.7 Å². The summed E-state index contributed by atoms with van der Waals surface area (Å²) < 4.78 is 21.5. The summed E-state index contributed by atoms with van der Waals surface area (Å²) in [4.78, 5) is 12.9. The fraction of sp³-hybridized carbons (Fsp3) is 0.909. The molecular formula is C33H66O4Si3. The Morgan fingerprint density at radius 1 is 0.800 bits per heavy atom. The first-order chi connectivity index (χ1) is 17.6. The summed E-state index contributed by atoms with van der Waals surface area (Å²) in [6.45, 7) is 42.6. The van der Waals surface area contributed by atoms with Gasteiger partial charge in [0, 0.05) is 12.0 Å². The highest BCUT2D eigenvalue weighted by molar-refractivity contribution is 6.75. The van der Waals surface area contributed by atoms with E-state index >= 15 is 0 Å². The van der Waals surface area contributed by atoms with E-state index in [-0.39, 0.29) is 44.1 Å². The largest absolute Gasteiger partial charge is 0.416 e. The second-order valence-electron chi connectivity index (χ2n) is 18.2. The molecule has 1 fully saturated rings. The van der Waals surface area contributed by atoms with Crippen LogP contribution < -0.4 is 0 Å². The molecule has 2 aliphatic rings. The topological polar surface area (TPSA) is 44.8 Å². The van der Waals surface area contributed by atoms with Gasteiger partial charge in [-0.25, -0.2) is 0 Å². The molecule has 7 heteroatoms. The Bertz CT molecular complexity index is 964. The summed E-state index contributed by atoms with van der Waals surface area (Å²) in [6, 6.07) is 0. The molecule has 0 heterocycles. The fourth-order valence-corrected chi connectivity index (χ4v) is 10.0. The van der Waals surface area contributed by atoms with Gasteiger partial charge in [0.15, 0.2) is 25.0 Å². The molecule has 1 saturated carbocycles. The van der Waals surface area contributed by atoms with E-state index in [4.69, 9.17) is 13.3 Å². The second kappa shape index (κ2) is 11.1. The molecule has 0 amide bonds. The molecule has 234 valence electrons. The van der Waals surface area contributed by atoms with Crippen LogP contribution in [0, 0.1) is 16.7 Å². The van der Waals surface area contributed by atoms with Gasteiger partial charge < -0.3 is 13.3 Å². The van der Waals surface area contributed by atoms with E-state index < -0.39 is 25.0 Å². The summed E-state index contributed by atoms with van der Waals surface area (Å²) in [6.07, 6.45) is 4.04. The summed E-state index contributed by atoms with van der Waals surface area (Å²) in [5, 5.41) is 0.354. The molecule has 5 atom stereocenters. The SMILES string of the molecule is CC1=C(C=O)[C@@]2(C)CC[C@H](O[Si](C)(C)C(C)(C)C)[C@](C)(CO[Si](C)(C)C(C)(C)C)[C@@H]2C[C@@H]1O[Si](C)(C)C(C)(C)C. The lowest BCUT2D eigenvalue weighted by Crippen LogP contribution is -2.62. The zero-order valence-corrected chi connectivity index (χ0v) is 32.8. The van der Waals surface area contributed by atoms with E-state index in [0.717, 1.165) is 36.7 Å². The lowest BCUT2D eigenvalue weighted by atomic mass is 9.49. The molecule has 0 saturated heterocycles. The molecule has 2 rings (SSSR count). The monoisotopic (exact) mass is 610 g/mol. The number of allylic oxidation sites excluding steroid dienone is 1. The molecule has 0 spiro atoms. The van der Waals surface area contributed by atoms with Crippen molar-refractivity contribution in [1.82, 2.24) is 0 Å². The molecule has 0 aliphatic heterocycles. The Hall–Kier alpha value is -0.0594. The number of rotatable bonds is 8. The lowest BCUT2D eigenvalue weighted by molar-refractivity contribution is -0.129. The molecule has 0 unspecified atom stereocenters. The zero-order valence-electron chi connectivity index (χ0n) is 29.8. The predicted octanol–water partition coefficient (Wildman–Crippen LogP) is 10.1. The summed E-state index contributed by atoms with van der Waals surface area (Å²) in [7, 11) is -6.11. The van der Waals surface area contributed by atoms with Gasteiger partial charge in [-0.15, -0.1) is 0 Å². The molecule has 0 aromatic heterocycles.